The van der Waals surface area contributed by atoms with Crippen molar-refractivity contribution in [3.63, 3.8) is 0 Å². The van der Waals surface area contributed by atoms with E-state index in [1.54, 1.807) is 0 Å². The maximum absolute atomic E-state index is 4.77. The van der Waals surface area contributed by atoms with Gasteiger partial charge in [0.05, 0.1) is 0 Å². The average molecular weight is 336 g/mol. The lowest BCUT2D eigenvalue weighted by atomic mass is 9.90. The largest absolute Gasteiger partial charge is 0.356 e. The van der Waals surface area contributed by atoms with Crippen LogP contribution in [-0.4, -0.2) is 29.1 Å². The van der Waals surface area contributed by atoms with Crippen molar-refractivity contribution in [3.05, 3.63) is 48.2 Å². The van der Waals surface area contributed by atoms with Crippen LogP contribution in [0.2, 0.25) is 0 Å². The van der Waals surface area contributed by atoms with Crippen molar-refractivity contribution in [2.75, 3.05) is 23.3 Å². The molecule has 4 heteroatoms. The molecular weight excluding hydrogens is 308 g/mol. The lowest BCUT2D eigenvalue weighted by Gasteiger charge is -2.33. The Bertz CT molecular complexity index is 659. The summed E-state index contributed by atoms with van der Waals surface area (Å²) in [5, 5.41) is 3.51. The molecule has 132 valence electrons. The molecule has 2 aromatic rings. The minimum atomic E-state index is 0.562. The van der Waals surface area contributed by atoms with Gasteiger partial charge in [-0.3, -0.25) is 0 Å². The molecule has 2 aliphatic rings. The van der Waals surface area contributed by atoms with Gasteiger partial charge in [-0.1, -0.05) is 43.2 Å². The van der Waals surface area contributed by atoms with E-state index < -0.39 is 0 Å². The molecule has 2 heterocycles. The Kier molecular flexibility index (Phi) is 5.14. The van der Waals surface area contributed by atoms with Gasteiger partial charge in [-0.2, -0.15) is 4.98 Å². The van der Waals surface area contributed by atoms with Crippen molar-refractivity contribution in [2.45, 2.75) is 51.0 Å². The summed E-state index contributed by atoms with van der Waals surface area (Å²) in [5.41, 5.74) is 1.46. The van der Waals surface area contributed by atoms with Gasteiger partial charge in [-0.15, -0.1) is 0 Å². The van der Waals surface area contributed by atoms with E-state index in [1.165, 1.54) is 50.5 Å². The minimum absolute atomic E-state index is 0.562. The van der Waals surface area contributed by atoms with Crippen LogP contribution in [0.5, 0.6) is 0 Å². The molecular formula is C21H28N4. The zero-order valence-corrected chi connectivity index (χ0v) is 14.9. The quantitative estimate of drug-likeness (QED) is 0.884. The number of piperidine rings is 1. The van der Waals surface area contributed by atoms with E-state index in [0.29, 0.717) is 6.04 Å². The fourth-order valence-corrected chi connectivity index (χ4v) is 4.16. The first-order valence-electron chi connectivity index (χ1n) is 9.75. The first kappa shape index (κ1) is 16.4. The first-order chi connectivity index (χ1) is 12.4. The maximum atomic E-state index is 4.77. The zero-order chi connectivity index (χ0) is 16.9. The predicted molar refractivity (Wildman–Crippen MR) is 103 cm³/mol. The Morgan fingerprint density at radius 1 is 0.960 bits per heavy atom. The standard InChI is InChI=1S/C21H28N4/c1-2-6-17(7-3-1)16-18-11-14-25(15-12-18)20-10-13-22-21(24-20)23-19-8-4-5-9-19/h1-3,6-7,10,13,18-19H,4-5,8-9,11-12,14-16H2,(H,22,23,24). The molecule has 4 nitrogen and oxygen atoms in total. The Hall–Kier alpha value is -2.10. The summed E-state index contributed by atoms with van der Waals surface area (Å²) in [6.45, 7) is 2.19. The van der Waals surface area contributed by atoms with Crippen LogP contribution in [0.4, 0.5) is 11.8 Å². The molecule has 1 aliphatic heterocycles. The van der Waals surface area contributed by atoms with Crippen LogP contribution in [0.15, 0.2) is 42.6 Å². The number of aromatic nitrogens is 2. The van der Waals surface area contributed by atoms with Crippen LogP contribution in [0.3, 0.4) is 0 Å². The fourth-order valence-electron chi connectivity index (χ4n) is 4.16. The molecule has 1 aliphatic carbocycles. The number of hydrogen-bond acceptors (Lipinski definition) is 4. The lowest BCUT2D eigenvalue weighted by Crippen LogP contribution is -2.35. The average Bonchev–Trinajstić information content (AvgIpc) is 3.16. The Morgan fingerprint density at radius 3 is 2.48 bits per heavy atom. The third-order valence-electron chi connectivity index (χ3n) is 5.64. The molecule has 1 aromatic carbocycles. The van der Waals surface area contributed by atoms with Gasteiger partial charge < -0.3 is 10.2 Å². The van der Waals surface area contributed by atoms with Gasteiger partial charge >= 0.3 is 0 Å². The second-order valence-corrected chi connectivity index (χ2v) is 7.48. The van der Waals surface area contributed by atoms with Crippen LogP contribution in [-0.2, 0) is 6.42 Å². The summed E-state index contributed by atoms with van der Waals surface area (Å²) >= 11 is 0. The second kappa shape index (κ2) is 7.85. The highest BCUT2D eigenvalue weighted by atomic mass is 15.2. The predicted octanol–water partition coefficient (Wildman–Crippen LogP) is 4.29. The van der Waals surface area contributed by atoms with Crippen LogP contribution in [0.25, 0.3) is 0 Å². The highest BCUT2D eigenvalue weighted by molar-refractivity contribution is 5.43. The van der Waals surface area contributed by atoms with Gasteiger partial charge in [-0.05, 0) is 49.7 Å². The van der Waals surface area contributed by atoms with Gasteiger partial charge in [0.25, 0.3) is 0 Å². The molecule has 1 saturated carbocycles. The monoisotopic (exact) mass is 336 g/mol. The van der Waals surface area contributed by atoms with E-state index in [-0.39, 0.29) is 0 Å². The van der Waals surface area contributed by atoms with Crippen molar-refractivity contribution in [1.82, 2.24) is 9.97 Å². The molecule has 0 unspecified atom stereocenters. The highest BCUT2D eigenvalue weighted by Gasteiger charge is 2.21. The third-order valence-corrected chi connectivity index (χ3v) is 5.64. The number of nitrogens with one attached hydrogen (secondary N) is 1. The van der Waals surface area contributed by atoms with Gasteiger partial charge in [0.2, 0.25) is 5.95 Å². The summed E-state index contributed by atoms with van der Waals surface area (Å²) in [6.07, 6.45) is 10.7. The topological polar surface area (TPSA) is 41.1 Å². The molecule has 4 rings (SSSR count). The maximum Gasteiger partial charge on any atom is 0.224 e. The molecule has 1 N–H and O–H groups in total. The summed E-state index contributed by atoms with van der Waals surface area (Å²) in [6, 6.07) is 13.5. The lowest BCUT2D eigenvalue weighted by molar-refractivity contribution is 0.402. The third kappa shape index (κ3) is 4.30. The molecule has 25 heavy (non-hydrogen) atoms. The van der Waals surface area contributed by atoms with Crippen LogP contribution in [0.1, 0.15) is 44.1 Å². The summed E-state index contributed by atoms with van der Waals surface area (Å²) in [4.78, 5) is 11.6. The highest BCUT2D eigenvalue weighted by Crippen LogP contribution is 2.26. The molecule has 0 bridgehead atoms. The molecule has 1 aromatic heterocycles. The molecule has 0 atom stereocenters. The van der Waals surface area contributed by atoms with Gasteiger partial charge in [0.1, 0.15) is 5.82 Å². The Morgan fingerprint density at radius 2 is 1.72 bits per heavy atom. The smallest absolute Gasteiger partial charge is 0.224 e. The summed E-state index contributed by atoms with van der Waals surface area (Å²) in [7, 11) is 0. The zero-order valence-electron chi connectivity index (χ0n) is 14.9. The first-order valence-corrected chi connectivity index (χ1v) is 9.75. The van der Waals surface area contributed by atoms with Crippen molar-refractivity contribution in [1.29, 1.82) is 0 Å². The van der Waals surface area contributed by atoms with E-state index in [9.17, 15) is 0 Å². The number of rotatable bonds is 5. The number of benzene rings is 1. The normalized spacial score (nSPS) is 19.3. The molecule has 0 amide bonds. The summed E-state index contributed by atoms with van der Waals surface area (Å²) in [5.74, 6) is 2.67. The fraction of sp³-hybridized carbons (Fsp3) is 0.524. The van der Waals surface area contributed by atoms with E-state index in [4.69, 9.17) is 4.98 Å². The number of hydrogen-bond donors (Lipinski definition) is 1. The minimum Gasteiger partial charge on any atom is -0.356 e. The Labute approximate surface area is 150 Å². The Balaban J connectivity index is 1.32. The van der Waals surface area contributed by atoms with Gasteiger partial charge in [-0.25, -0.2) is 4.98 Å². The van der Waals surface area contributed by atoms with E-state index in [2.05, 4.69) is 51.6 Å². The molecule has 1 saturated heterocycles. The number of anilines is 2. The van der Waals surface area contributed by atoms with Crippen LogP contribution < -0.4 is 10.2 Å². The molecule has 0 radical (unpaired) electrons. The van der Waals surface area contributed by atoms with Gasteiger partial charge in [0, 0.05) is 25.3 Å². The van der Waals surface area contributed by atoms with Crippen molar-refractivity contribution in [2.24, 2.45) is 5.92 Å². The molecule has 0 spiro atoms. The van der Waals surface area contributed by atoms with Crippen LogP contribution in [0, 0.1) is 5.92 Å². The van der Waals surface area contributed by atoms with E-state index >= 15 is 0 Å². The second-order valence-electron chi connectivity index (χ2n) is 7.48. The van der Waals surface area contributed by atoms with Crippen LogP contribution >= 0.6 is 0 Å². The van der Waals surface area contributed by atoms with E-state index in [0.717, 1.165) is 30.8 Å². The number of nitrogens with zero attached hydrogens (tertiary/aromatic N) is 3. The summed E-state index contributed by atoms with van der Waals surface area (Å²) < 4.78 is 0. The SMILES string of the molecule is c1ccc(CC2CCN(c3ccnc(NC4CCCC4)n3)CC2)cc1. The van der Waals surface area contributed by atoms with Crippen molar-refractivity contribution >= 4 is 11.8 Å². The van der Waals surface area contributed by atoms with Gasteiger partial charge in [0.15, 0.2) is 0 Å². The van der Waals surface area contributed by atoms with Crippen molar-refractivity contribution in [3.8, 4) is 0 Å². The molecule has 2 fully saturated rings. The van der Waals surface area contributed by atoms with Crippen molar-refractivity contribution < 1.29 is 0 Å². The van der Waals surface area contributed by atoms with E-state index in [1.807, 2.05) is 6.20 Å².